The number of thiophene rings is 1. The number of primary amides is 1. The Morgan fingerprint density at radius 3 is 2.71 bits per heavy atom. The summed E-state index contributed by atoms with van der Waals surface area (Å²) in [7, 11) is 0. The van der Waals surface area contributed by atoms with Crippen molar-refractivity contribution >= 4 is 27.5 Å². The van der Waals surface area contributed by atoms with Gasteiger partial charge in [-0.2, -0.15) is 0 Å². The molecule has 3 N–H and O–H groups in total. The van der Waals surface area contributed by atoms with Crippen LogP contribution in [0.1, 0.15) is 74.1 Å². The van der Waals surface area contributed by atoms with Crippen molar-refractivity contribution in [3.8, 4) is 5.88 Å². The van der Waals surface area contributed by atoms with Crippen molar-refractivity contribution in [2.24, 2.45) is 5.73 Å². The maximum absolute atomic E-state index is 11.4. The van der Waals surface area contributed by atoms with Crippen molar-refractivity contribution in [1.29, 1.82) is 0 Å². The first-order chi connectivity index (χ1) is 15.1. The van der Waals surface area contributed by atoms with Gasteiger partial charge in [-0.1, -0.05) is 6.42 Å². The number of piperidine rings is 1. The van der Waals surface area contributed by atoms with Crippen molar-refractivity contribution in [2.45, 2.75) is 88.4 Å². The molecule has 1 saturated heterocycles. The minimum atomic E-state index is -1.12. The second-order valence-electron chi connectivity index (χ2n) is 9.33. The van der Waals surface area contributed by atoms with E-state index >= 15 is 0 Å². The molecule has 3 aliphatic rings. The van der Waals surface area contributed by atoms with Crippen molar-refractivity contribution in [1.82, 2.24) is 14.9 Å². The summed E-state index contributed by atoms with van der Waals surface area (Å²) in [5, 5.41) is 11.0. The van der Waals surface area contributed by atoms with Crippen LogP contribution >= 0.6 is 11.3 Å². The molecule has 2 aliphatic carbocycles. The van der Waals surface area contributed by atoms with E-state index in [2.05, 4.69) is 14.9 Å². The lowest BCUT2D eigenvalue weighted by atomic mass is 9.90. The van der Waals surface area contributed by atoms with Crippen LogP contribution in [-0.2, 0) is 11.2 Å². The first-order valence-corrected chi connectivity index (χ1v) is 12.6. The van der Waals surface area contributed by atoms with Gasteiger partial charge < -0.3 is 20.5 Å². The van der Waals surface area contributed by atoms with E-state index in [1.807, 2.05) is 0 Å². The Hall–Kier alpha value is -1.77. The zero-order valence-corrected chi connectivity index (χ0v) is 18.8. The number of aliphatic hydroxyl groups excluding tert-OH is 1. The molecule has 8 heteroatoms. The Morgan fingerprint density at radius 2 is 1.97 bits per heavy atom. The van der Waals surface area contributed by atoms with Crippen molar-refractivity contribution in [3.63, 3.8) is 0 Å². The van der Waals surface area contributed by atoms with E-state index in [4.69, 9.17) is 10.5 Å². The molecule has 5 rings (SSSR count). The van der Waals surface area contributed by atoms with Gasteiger partial charge in [-0.05, 0) is 82.4 Å². The zero-order chi connectivity index (χ0) is 21.4. The van der Waals surface area contributed by atoms with Gasteiger partial charge in [0.1, 0.15) is 23.4 Å². The van der Waals surface area contributed by atoms with Gasteiger partial charge in [-0.3, -0.25) is 4.79 Å². The molecule has 0 spiro atoms. The van der Waals surface area contributed by atoms with Gasteiger partial charge in [0.25, 0.3) is 0 Å². The smallest absolute Gasteiger partial charge is 0.246 e. The molecule has 7 nitrogen and oxygen atoms in total. The van der Waals surface area contributed by atoms with Gasteiger partial charge in [0, 0.05) is 10.9 Å². The minimum absolute atomic E-state index is 0.0921. The lowest BCUT2D eigenvalue weighted by molar-refractivity contribution is -0.126. The third-order valence-electron chi connectivity index (χ3n) is 7.36. The van der Waals surface area contributed by atoms with E-state index in [1.54, 1.807) is 17.7 Å². The van der Waals surface area contributed by atoms with Crippen LogP contribution in [0.2, 0.25) is 0 Å². The Morgan fingerprint density at radius 1 is 1.19 bits per heavy atom. The van der Waals surface area contributed by atoms with Crippen LogP contribution in [0, 0.1) is 0 Å². The van der Waals surface area contributed by atoms with E-state index in [0.29, 0.717) is 18.3 Å². The van der Waals surface area contributed by atoms with Gasteiger partial charge in [0.15, 0.2) is 0 Å². The van der Waals surface area contributed by atoms with Crippen LogP contribution in [0.25, 0.3) is 10.2 Å². The number of rotatable bonds is 6. The molecule has 168 valence electrons. The topological polar surface area (TPSA) is 102 Å². The monoisotopic (exact) mass is 444 g/mol. The maximum Gasteiger partial charge on any atom is 0.246 e. The molecule has 0 aromatic carbocycles. The number of fused-ring (bicyclic) bond motifs is 3. The lowest BCUT2D eigenvalue weighted by Crippen LogP contribution is -2.42. The predicted molar refractivity (Wildman–Crippen MR) is 120 cm³/mol. The number of carbonyl (C=O) groups excluding carboxylic acids is 1. The first-order valence-electron chi connectivity index (χ1n) is 11.7. The first kappa shape index (κ1) is 21.1. The highest BCUT2D eigenvalue weighted by molar-refractivity contribution is 7.19. The van der Waals surface area contributed by atoms with E-state index < -0.39 is 12.0 Å². The van der Waals surface area contributed by atoms with Crippen molar-refractivity contribution in [3.05, 3.63) is 16.8 Å². The molecule has 1 amide bonds. The van der Waals surface area contributed by atoms with Gasteiger partial charge in [-0.25, -0.2) is 9.97 Å². The standard InChI is InChI=1S/C23H32N4O3S/c24-21(29)17(28)12-14-4-9-18-19(14)20-22(25-13-26-23(20)31-18)30-16-7-5-15(6-8-16)27-10-2-1-3-11-27/h13-17,28H,1-12H2,(H2,24,29)/t14-,15-,16-,17-/m1/s1. The molecular weight excluding hydrogens is 412 g/mol. The number of hydrogen-bond acceptors (Lipinski definition) is 7. The molecule has 1 saturated carbocycles. The SMILES string of the molecule is NC(=O)[C@H](O)C[C@H]1CCc2sc3ncnc(O[C@H]4CC[C@H](N5CCCCC5)CC4)c3c21. The fourth-order valence-electron chi connectivity index (χ4n) is 5.72. The maximum atomic E-state index is 11.4. The number of nitrogens with two attached hydrogens (primary N) is 1. The largest absolute Gasteiger partial charge is 0.474 e. The van der Waals surface area contributed by atoms with Crippen LogP contribution < -0.4 is 10.5 Å². The molecule has 1 aliphatic heterocycles. The van der Waals surface area contributed by atoms with Gasteiger partial charge >= 0.3 is 0 Å². The van der Waals surface area contributed by atoms with Crippen LogP contribution in [0.5, 0.6) is 5.88 Å². The fourth-order valence-corrected chi connectivity index (χ4v) is 6.95. The summed E-state index contributed by atoms with van der Waals surface area (Å²) in [6.45, 7) is 2.50. The molecule has 0 radical (unpaired) electrons. The molecule has 31 heavy (non-hydrogen) atoms. The molecule has 0 bridgehead atoms. The second kappa shape index (κ2) is 9.00. The van der Waals surface area contributed by atoms with E-state index in [1.165, 1.54) is 50.1 Å². The van der Waals surface area contributed by atoms with Crippen LogP contribution in [0.4, 0.5) is 0 Å². The summed E-state index contributed by atoms with van der Waals surface area (Å²) < 4.78 is 6.47. The normalized spacial score (nSPS) is 27.8. The number of aryl methyl sites for hydroxylation is 1. The predicted octanol–water partition coefficient (Wildman–Crippen LogP) is 3.13. The second-order valence-corrected chi connectivity index (χ2v) is 10.4. The summed E-state index contributed by atoms with van der Waals surface area (Å²) in [6.07, 6.45) is 11.4. The highest BCUT2D eigenvalue weighted by Crippen LogP contribution is 2.47. The minimum Gasteiger partial charge on any atom is -0.474 e. The highest BCUT2D eigenvalue weighted by Gasteiger charge is 2.34. The number of hydrogen-bond donors (Lipinski definition) is 2. The molecule has 3 heterocycles. The Bertz CT molecular complexity index is 934. The number of ether oxygens (including phenoxy) is 1. The molecule has 0 unspecified atom stereocenters. The van der Waals surface area contributed by atoms with Crippen LogP contribution in [0.3, 0.4) is 0 Å². The quantitative estimate of drug-likeness (QED) is 0.710. The highest BCUT2D eigenvalue weighted by atomic mass is 32.1. The van der Waals surface area contributed by atoms with E-state index in [9.17, 15) is 9.90 Å². The molecule has 2 aromatic rings. The molecular formula is C23H32N4O3S. The molecule has 2 atom stereocenters. The van der Waals surface area contributed by atoms with Gasteiger partial charge in [0.05, 0.1) is 5.39 Å². The summed E-state index contributed by atoms with van der Waals surface area (Å²) in [4.78, 5) is 25.3. The Balaban J connectivity index is 1.31. The summed E-state index contributed by atoms with van der Waals surface area (Å²) >= 11 is 1.69. The number of aromatic nitrogens is 2. The average Bonchev–Trinajstić information content (AvgIpc) is 3.35. The number of carbonyl (C=O) groups is 1. The lowest BCUT2D eigenvalue weighted by Gasteiger charge is -2.38. The third-order valence-corrected chi connectivity index (χ3v) is 8.53. The summed E-state index contributed by atoms with van der Waals surface area (Å²) in [6, 6.07) is 0.704. The van der Waals surface area contributed by atoms with E-state index in [-0.39, 0.29) is 12.0 Å². The summed E-state index contributed by atoms with van der Waals surface area (Å²) in [5.74, 6) is 0.102. The van der Waals surface area contributed by atoms with Crippen LogP contribution in [-0.4, -0.2) is 57.2 Å². The van der Waals surface area contributed by atoms with Gasteiger partial charge in [-0.15, -0.1) is 11.3 Å². The third kappa shape index (κ3) is 4.30. The zero-order valence-electron chi connectivity index (χ0n) is 18.0. The Labute approximate surface area is 187 Å². The number of aliphatic hydroxyl groups is 1. The van der Waals surface area contributed by atoms with Gasteiger partial charge in [0.2, 0.25) is 11.8 Å². The number of amides is 1. The van der Waals surface area contributed by atoms with Crippen molar-refractivity contribution in [2.75, 3.05) is 13.1 Å². The van der Waals surface area contributed by atoms with Crippen LogP contribution in [0.15, 0.2) is 6.33 Å². The fraction of sp³-hybridized carbons (Fsp3) is 0.696. The number of likely N-dealkylation sites (tertiary alicyclic amines) is 1. The van der Waals surface area contributed by atoms with Crippen molar-refractivity contribution < 1.29 is 14.6 Å². The summed E-state index contributed by atoms with van der Waals surface area (Å²) in [5.41, 5.74) is 6.47. The molecule has 2 fully saturated rings. The Kier molecular flexibility index (Phi) is 6.12. The average molecular weight is 445 g/mol. The molecule has 2 aromatic heterocycles. The van der Waals surface area contributed by atoms with E-state index in [0.717, 1.165) is 41.5 Å². The number of nitrogens with zero attached hydrogens (tertiary/aromatic N) is 3.